The van der Waals surface area contributed by atoms with E-state index < -0.39 is 5.97 Å². The van der Waals surface area contributed by atoms with E-state index >= 15 is 0 Å². The Hall–Kier alpha value is -5.48. The summed E-state index contributed by atoms with van der Waals surface area (Å²) in [7, 11) is 0. The molecule has 4 aliphatic rings. The van der Waals surface area contributed by atoms with Crippen LogP contribution in [0, 0.1) is 37.3 Å². The lowest BCUT2D eigenvalue weighted by Crippen LogP contribution is -2.49. The van der Waals surface area contributed by atoms with Crippen molar-refractivity contribution in [3.63, 3.8) is 0 Å². The molecule has 3 N–H and O–H groups in total. The first-order valence-corrected chi connectivity index (χ1v) is 20.9. The van der Waals surface area contributed by atoms with E-state index in [1.165, 1.54) is 35.4 Å². The van der Waals surface area contributed by atoms with Gasteiger partial charge in [0.2, 0.25) is 11.8 Å². The molecule has 4 aromatic rings. The Balaban J connectivity index is 0.000000182. The number of carboxylic acid groups (broad SMARTS) is 1. The minimum atomic E-state index is -0.761. The number of ether oxygens (including phenoxy) is 1. The number of aromatic nitrogens is 4. The highest BCUT2D eigenvalue weighted by Gasteiger charge is 2.37. The number of halogens is 2. The molecular weight excluding hydrogens is 775 g/mol. The molecular formula is C44H54F2N8O6. The highest BCUT2D eigenvalue weighted by molar-refractivity contribution is 5.79. The topological polar surface area (TPSA) is 164 Å². The summed E-state index contributed by atoms with van der Waals surface area (Å²) >= 11 is 0. The summed E-state index contributed by atoms with van der Waals surface area (Å²) < 4.78 is 35.2. The van der Waals surface area contributed by atoms with E-state index in [2.05, 4.69) is 20.8 Å². The van der Waals surface area contributed by atoms with E-state index in [0.717, 1.165) is 59.6 Å². The Bertz CT molecular complexity index is 2180. The van der Waals surface area contributed by atoms with Crippen molar-refractivity contribution in [1.82, 2.24) is 40.0 Å². The van der Waals surface area contributed by atoms with Crippen LogP contribution in [-0.4, -0.2) is 103 Å². The van der Waals surface area contributed by atoms with Crippen molar-refractivity contribution >= 4 is 23.8 Å². The lowest BCUT2D eigenvalue weighted by molar-refractivity contribution is -0.152. The zero-order valence-corrected chi connectivity index (χ0v) is 34.5. The maximum absolute atomic E-state index is 13.2. The van der Waals surface area contributed by atoms with Gasteiger partial charge in [-0.25, -0.2) is 8.78 Å². The maximum Gasteiger partial charge on any atom is 0.309 e. The molecule has 0 spiro atoms. The normalized spacial score (nSPS) is 20.5. The Morgan fingerprint density at radius 1 is 0.700 bits per heavy atom. The van der Waals surface area contributed by atoms with Crippen LogP contribution in [0.15, 0.2) is 48.5 Å². The molecule has 60 heavy (non-hydrogen) atoms. The summed E-state index contributed by atoms with van der Waals surface area (Å²) in [5.41, 5.74) is 8.36. The maximum atomic E-state index is 13.2. The van der Waals surface area contributed by atoms with E-state index in [9.17, 15) is 28.0 Å². The van der Waals surface area contributed by atoms with Gasteiger partial charge < -0.3 is 30.3 Å². The number of carbonyl (C=O) groups is 4. The summed E-state index contributed by atoms with van der Waals surface area (Å²) in [6.07, 6.45) is 4.15. The minimum Gasteiger partial charge on any atom is -0.481 e. The Labute approximate surface area is 348 Å². The zero-order valence-electron chi connectivity index (χ0n) is 34.5. The van der Waals surface area contributed by atoms with Crippen LogP contribution < -0.4 is 10.6 Å². The van der Waals surface area contributed by atoms with E-state index in [0.29, 0.717) is 58.7 Å². The summed E-state index contributed by atoms with van der Waals surface area (Å²) in [6, 6.07) is 13.1. The van der Waals surface area contributed by atoms with Crippen LogP contribution in [-0.2, 0) is 62.9 Å². The standard InChI is InChI=1S/C23H29FN4O3.C21H25FN4O3/c1-3-31-23(30)17-10-19(11-17)25-12-22(29)27-9-8-20-15(2)26-28(21(20)14-27)13-16-4-6-18(24)7-5-16;1-13-18-6-7-25(20(27)10-23-17-8-15(9-17)21(28)29)12-19(18)26(24-13)11-14-2-4-16(22)5-3-14/h4-7,17,19,25H,3,8-14H2,1-2H3;2-5,15,17,23H,6-12H2,1H3,(H,28,29). The zero-order chi connectivity index (χ0) is 42.5. The summed E-state index contributed by atoms with van der Waals surface area (Å²) in [6.45, 7) is 10.1. The number of hydrogen-bond donors (Lipinski definition) is 3. The van der Waals surface area contributed by atoms with Crippen LogP contribution in [0.4, 0.5) is 8.78 Å². The highest BCUT2D eigenvalue weighted by Crippen LogP contribution is 2.30. The second-order valence-electron chi connectivity index (χ2n) is 16.3. The van der Waals surface area contributed by atoms with Crippen molar-refractivity contribution in [1.29, 1.82) is 0 Å². The molecule has 2 saturated carbocycles. The number of carboxylic acids is 1. The molecule has 0 atom stereocenters. The molecule has 0 radical (unpaired) electrons. The van der Waals surface area contributed by atoms with Crippen LogP contribution in [0.5, 0.6) is 0 Å². The fourth-order valence-electron chi connectivity index (χ4n) is 8.47. The molecule has 16 heteroatoms. The van der Waals surface area contributed by atoms with Crippen molar-refractivity contribution in [2.45, 2.75) is 97.6 Å². The van der Waals surface area contributed by atoms with Gasteiger partial charge in [-0.15, -0.1) is 0 Å². The molecule has 320 valence electrons. The molecule has 8 rings (SSSR count). The van der Waals surface area contributed by atoms with Crippen molar-refractivity contribution in [3.8, 4) is 0 Å². The van der Waals surface area contributed by atoms with Gasteiger partial charge in [0.25, 0.3) is 0 Å². The Morgan fingerprint density at radius 3 is 1.52 bits per heavy atom. The van der Waals surface area contributed by atoms with Gasteiger partial charge in [-0.3, -0.25) is 28.5 Å². The number of aryl methyl sites for hydroxylation is 2. The lowest BCUT2D eigenvalue weighted by Gasteiger charge is -2.35. The molecule has 0 unspecified atom stereocenters. The van der Waals surface area contributed by atoms with Gasteiger partial charge in [-0.05, 0) is 106 Å². The van der Waals surface area contributed by atoms with Gasteiger partial charge in [-0.2, -0.15) is 10.2 Å². The highest BCUT2D eigenvalue weighted by atomic mass is 19.1. The Kier molecular flexibility index (Phi) is 13.4. The van der Waals surface area contributed by atoms with Crippen LogP contribution >= 0.6 is 0 Å². The number of nitrogens with one attached hydrogen (secondary N) is 2. The largest absolute Gasteiger partial charge is 0.481 e. The smallest absolute Gasteiger partial charge is 0.309 e. The number of hydrogen-bond acceptors (Lipinski definition) is 9. The van der Waals surface area contributed by atoms with Gasteiger partial charge >= 0.3 is 11.9 Å². The van der Waals surface area contributed by atoms with Gasteiger partial charge in [0.05, 0.1) is 80.5 Å². The number of esters is 1. The third-order valence-corrected chi connectivity index (χ3v) is 12.2. The molecule has 0 saturated heterocycles. The number of benzene rings is 2. The van der Waals surface area contributed by atoms with E-state index in [1.807, 2.05) is 39.9 Å². The average Bonchev–Trinajstić information content (AvgIpc) is 3.68. The average molecular weight is 829 g/mol. The van der Waals surface area contributed by atoms with E-state index in [1.54, 1.807) is 24.3 Å². The van der Waals surface area contributed by atoms with Gasteiger partial charge in [0.15, 0.2) is 0 Å². The number of carbonyl (C=O) groups excluding carboxylic acids is 3. The third-order valence-electron chi connectivity index (χ3n) is 12.2. The molecule has 2 fully saturated rings. The van der Waals surface area contributed by atoms with Crippen molar-refractivity contribution < 1.29 is 37.8 Å². The number of nitrogens with zero attached hydrogens (tertiary/aromatic N) is 6. The van der Waals surface area contributed by atoms with Crippen molar-refractivity contribution in [3.05, 3.63) is 105 Å². The molecule has 0 bridgehead atoms. The SMILES string of the molecule is CCOC(=O)C1CC(NCC(=O)N2CCc3c(C)nn(Cc4ccc(F)cc4)c3C2)C1.Cc1nn(Cc2ccc(F)cc2)c2c1CCN(C(=O)CNC1CC(C(=O)O)C1)C2. The van der Waals surface area contributed by atoms with E-state index in [4.69, 9.17) is 9.84 Å². The first kappa shape index (κ1) is 42.6. The summed E-state index contributed by atoms with van der Waals surface area (Å²) in [4.78, 5) is 51.7. The number of fused-ring (bicyclic) bond motifs is 2. The second kappa shape index (κ2) is 18.8. The number of rotatable bonds is 13. The van der Waals surface area contributed by atoms with Gasteiger partial charge in [0.1, 0.15) is 11.6 Å². The van der Waals surface area contributed by atoms with Crippen LogP contribution in [0.3, 0.4) is 0 Å². The molecule has 2 aromatic carbocycles. The fourth-order valence-corrected chi connectivity index (χ4v) is 8.47. The molecule has 14 nitrogen and oxygen atoms in total. The molecule has 2 aliphatic heterocycles. The summed E-state index contributed by atoms with van der Waals surface area (Å²) in [5.74, 6) is -1.69. The second-order valence-corrected chi connectivity index (χ2v) is 16.3. The predicted octanol–water partition coefficient (Wildman–Crippen LogP) is 3.91. The number of aliphatic carboxylic acids is 1. The lowest BCUT2D eigenvalue weighted by atomic mass is 9.80. The summed E-state index contributed by atoms with van der Waals surface area (Å²) in [5, 5.41) is 24.7. The molecule has 4 heterocycles. The van der Waals surface area contributed by atoms with Crippen molar-refractivity contribution in [2.75, 3.05) is 32.8 Å². The van der Waals surface area contributed by atoms with Gasteiger partial charge in [-0.1, -0.05) is 24.3 Å². The first-order valence-electron chi connectivity index (χ1n) is 20.9. The van der Waals surface area contributed by atoms with Crippen LogP contribution in [0.25, 0.3) is 0 Å². The fraction of sp³-hybridized carbons (Fsp3) is 0.500. The molecule has 2 amide bonds. The molecule has 2 aliphatic carbocycles. The third kappa shape index (κ3) is 10.1. The van der Waals surface area contributed by atoms with Gasteiger partial charge in [0, 0.05) is 25.2 Å². The minimum absolute atomic E-state index is 0.0154. The van der Waals surface area contributed by atoms with Crippen LogP contribution in [0.2, 0.25) is 0 Å². The monoisotopic (exact) mass is 828 g/mol. The van der Waals surface area contributed by atoms with E-state index in [-0.39, 0.29) is 66.4 Å². The van der Waals surface area contributed by atoms with Crippen molar-refractivity contribution in [2.24, 2.45) is 11.8 Å². The quantitative estimate of drug-likeness (QED) is 0.169. The Morgan fingerprint density at radius 2 is 1.12 bits per heavy atom. The number of amides is 2. The van der Waals surface area contributed by atoms with Crippen LogP contribution in [0.1, 0.15) is 77.6 Å². The predicted molar refractivity (Wildman–Crippen MR) is 216 cm³/mol. The molecule has 2 aromatic heterocycles. The first-order chi connectivity index (χ1) is 28.8.